The van der Waals surface area contributed by atoms with Gasteiger partial charge in [0.2, 0.25) is 5.91 Å². The number of carbonyl (C=O) groups excluding carboxylic acids is 1. The largest absolute Gasteiger partial charge is 0.384 e. The van der Waals surface area contributed by atoms with Crippen LogP contribution in [0.1, 0.15) is 37.7 Å². The Bertz CT molecular complexity index is 422. The van der Waals surface area contributed by atoms with Gasteiger partial charge in [-0.3, -0.25) is 9.89 Å². The number of hydrogen-bond donors (Lipinski definition) is 3. The first kappa shape index (κ1) is 11.7. The summed E-state index contributed by atoms with van der Waals surface area (Å²) in [5.74, 6) is 0.570. The summed E-state index contributed by atoms with van der Waals surface area (Å²) in [4.78, 5) is 11.7. The van der Waals surface area contributed by atoms with Gasteiger partial charge in [-0.25, -0.2) is 0 Å². The highest BCUT2D eigenvalue weighted by Gasteiger charge is 2.09. The Labute approximate surface area is 100 Å². The number of anilines is 1. The smallest absolute Gasteiger partial charge is 0.224 e. The zero-order chi connectivity index (χ0) is 12.1. The molecule has 4 N–H and O–H groups in total. The summed E-state index contributed by atoms with van der Waals surface area (Å²) < 4.78 is 0. The van der Waals surface area contributed by atoms with Crippen molar-refractivity contribution in [3.05, 3.63) is 23.4 Å². The van der Waals surface area contributed by atoms with E-state index in [4.69, 9.17) is 5.73 Å². The van der Waals surface area contributed by atoms with Crippen LogP contribution in [0.4, 0.5) is 5.82 Å². The maximum absolute atomic E-state index is 11.7. The van der Waals surface area contributed by atoms with Crippen LogP contribution in [0.5, 0.6) is 0 Å². The van der Waals surface area contributed by atoms with E-state index in [-0.39, 0.29) is 5.91 Å². The van der Waals surface area contributed by atoms with Gasteiger partial charge in [-0.15, -0.1) is 0 Å². The van der Waals surface area contributed by atoms with Gasteiger partial charge in [0.15, 0.2) is 0 Å². The number of nitrogens with two attached hydrogens (primary N) is 1. The van der Waals surface area contributed by atoms with Gasteiger partial charge in [0, 0.05) is 18.5 Å². The fourth-order valence-electron chi connectivity index (χ4n) is 1.99. The monoisotopic (exact) mass is 234 g/mol. The zero-order valence-electron chi connectivity index (χ0n) is 9.83. The third kappa shape index (κ3) is 3.34. The molecule has 5 nitrogen and oxygen atoms in total. The van der Waals surface area contributed by atoms with Gasteiger partial charge in [-0.2, -0.15) is 5.10 Å². The molecule has 1 aliphatic rings. The number of allylic oxidation sites excluding steroid dienone is 1. The SMILES string of the molecule is Nc1[nH]ncc1CNC(=O)CC1=CCCCC1. The summed E-state index contributed by atoms with van der Waals surface area (Å²) in [6, 6.07) is 0. The van der Waals surface area contributed by atoms with Crippen molar-refractivity contribution in [2.45, 2.75) is 38.6 Å². The average Bonchev–Trinajstić information content (AvgIpc) is 2.74. The number of H-pyrrole nitrogens is 1. The molecule has 92 valence electrons. The van der Waals surface area contributed by atoms with Crippen molar-refractivity contribution in [2.24, 2.45) is 0 Å². The van der Waals surface area contributed by atoms with E-state index in [2.05, 4.69) is 21.6 Å². The molecule has 0 radical (unpaired) electrons. The quantitative estimate of drug-likeness (QED) is 0.690. The fraction of sp³-hybridized carbons (Fsp3) is 0.500. The molecule has 17 heavy (non-hydrogen) atoms. The number of hydrogen-bond acceptors (Lipinski definition) is 3. The van der Waals surface area contributed by atoms with E-state index in [1.807, 2.05) is 0 Å². The molecule has 1 amide bonds. The standard InChI is InChI=1S/C12H18N4O/c13-12-10(8-15-16-12)7-14-11(17)6-9-4-2-1-3-5-9/h4,8H,1-3,5-7H2,(H,14,17)(H3,13,15,16). The van der Waals surface area contributed by atoms with Crippen LogP contribution < -0.4 is 11.1 Å². The molecular weight excluding hydrogens is 216 g/mol. The van der Waals surface area contributed by atoms with Crippen molar-refractivity contribution in [3.63, 3.8) is 0 Å². The minimum absolute atomic E-state index is 0.0544. The van der Waals surface area contributed by atoms with Crippen LogP contribution >= 0.6 is 0 Å². The molecule has 0 spiro atoms. The Morgan fingerprint density at radius 3 is 3.06 bits per heavy atom. The second kappa shape index (κ2) is 5.52. The Kier molecular flexibility index (Phi) is 3.80. The molecule has 0 bridgehead atoms. The Balaban J connectivity index is 1.78. The van der Waals surface area contributed by atoms with Gasteiger partial charge in [0.25, 0.3) is 0 Å². The minimum Gasteiger partial charge on any atom is -0.384 e. The molecule has 0 saturated heterocycles. The number of carbonyl (C=O) groups is 1. The first-order valence-corrected chi connectivity index (χ1v) is 5.98. The van der Waals surface area contributed by atoms with Crippen LogP contribution in [0, 0.1) is 0 Å². The molecular formula is C12H18N4O. The predicted molar refractivity (Wildman–Crippen MR) is 66.0 cm³/mol. The van der Waals surface area contributed by atoms with Crippen molar-refractivity contribution < 1.29 is 4.79 Å². The molecule has 0 unspecified atom stereocenters. The van der Waals surface area contributed by atoms with E-state index < -0.39 is 0 Å². The van der Waals surface area contributed by atoms with Crippen LogP contribution in [0.25, 0.3) is 0 Å². The van der Waals surface area contributed by atoms with Gasteiger partial charge < -0.3 is 11.1 Å². The first-order chi connectivity index (χ1) is 8.25. The number of aromatic amines is 1. The highest BCUT2D eigenvalue weighted by molar-refractivity contribution is 5.78. The van der Waals surface area contributed by atoms with E-state index in [1.165, 1.54) is 18.4 Å². The minimum atomic E-state index is 0.0544. The number of nitrogens with zero attached hydrogens (tertiary/aromatic N) is 1. The Morgan fingerprint density at radius 2 is 2.41 bits per heavy atom. The van der Waals surface area contributed by atoms with Gasteiger partial charge in [-0.1, -0.05) is 11.6 Å². The predicted octanol–water partition coefficient (Wildman–Crippen LogP) is 1.50. The third-order valence-electron chi connectivity index (χ3n) is 3.00. The molecule has 0 aliphatic heterocycles. The van der Waals surface area contributed by atoms with Gasteiger partial charge >= 0.3 is 0 Å². The van der Waals surface area contributed by atoms with Crippen LogP contribution in [0.2, 0.25) is 0 Å². The number of rotatable bonds is 4. The van der Waals surface area contributed by atoms with Crippen molar-refractivity contribution >= 4 is 11.7 Å². The summed E-state index contributed by atoms with van der Waals surface area (Å²) in [7, 11) is 0. The summed E-state index contributed by atoms with van der Waals surface area (Å²) in [6.45, 7) is 0.439. The molecule has 0 aromatic carbocycles. The van der Waals surface area contributed by atoms with Crippen molar-refractivity contribution in [1.29, 1.82) is 0 Å². The normalized spacial score (nSPS) is 15.4. The van der Waals surface area contributed by atoms with Crippen molar-refractivity contribution in [1.82, 2.24) is 15.5 Å². The number of nitrogen functional groups attached to an aromatic ring is 1. The van der Waals surface area contributed by atoms with Crippen LogP contribution in [0.15, 0.2) is 17.8 Å². The second-order valence-electron chi connectivity index (χ2n) is 4.37. The molecule has 1 heterocycles. The van der Waals surface area contributed by atoms with E-state index >= 15 is 0 Å². The number of nitrogens with one attached hydrogen (secondary N) is 2. The highest BCUT2D eigenvalue weighted by Crippen LogP contribution is 2.19. The molecule has 2 rings (SSSR count). The summed E-state index contributed by atoms with van der Waals surface area (Å²) in [5.41, 5.74) is 7.72. The van der Waals surface area contributed by atoms with Crippen LogP contribution in [-0.4, -0.2) is 16.1 Å². The van der Waals surface area contributed by atoms with Crippen LogP contribution in [-0.2, 0) is 11.3 Å². The molecule has 0 atom stereocenters. The Hall–Kier alpha value is -1.78. The van der Waals surface area contributed by atoms with Gasteiger partial charge in [0.05, 0.1) is 6.20 Å². The van der Waals surface area contributed by atoms with Crippen LogP contribution in [0.3, 0.4) is 0 Å². The van der Waals surface area contributed by atoms with E-state index in [1.54, 1.807) is 6.20 Å². The Morgan fingerprint density at radius 1 is 1.53 bits per heavy atom. The lowest BCUT2D eigenvalue weighted by Gasteiger charge is -2.12. The molecule has 1 aliphatic carbocycles. The van der Waals surface area contributed by atoms with Gasteiger partial charge in [0.1, 0.15) is 5.82 Å². The molecule has 1 aromatic rings. The maximum atomic E-state index is 11.7. The number of aromatic nitrogens is 2. The lowest BCUT2D eigenvalue weighted by molar-refractivity contribution is -0.120. The molecule has 1 aromatic heterocycles. The van der Waals surface area contributed by atoms with E-state index in [9.17, 15) is 4.79 Å². The first-order valence-electron chi connectivity index (χ1n) is 5.98. The lowest BCUT2D eigenvalue weighted by Crippen LogP contribution is -2.23. The number of amides is 1. The maximum Gasteiger partial charge on any atom is 0.224 e. The average molecular weight is 234 g/mol. The third-order valence-corrected chi connectivity index (χ3v) is 3.00. The molecule has 0 saturated carbocycles. The van der Waals surface area contributed by atoms with Gasteiger partial charge in [-0.05, 0) is 25.7 Å². The lowest BCUT2D eigenvalue weighted by atomic mass is 9.97. The molecule has 5 heteroatoms. The summed E-state index contributed by atoms with van der Waals surface area (Å²) >= 11 is 0. The van der Waals surface area contributed by atoms with E-state index in [0.29, 0.717) is 18.8 Å². The fourth-order valence-corrected chi connectivity index (χ4v) is 1.99. The summed E-state index contributed by atoms with van der Waals surface area (Å²) in [6.07, 6.45) is 8.95. The zero-order valence-corrected chi connectivity index (χ0v) is 9.83. The van der Waals surface area contributed by atoms with Crippen molar-refractivity contribution in [2.75, 3.05) is 5.73 Å². The molecule has 0 fully saturated rings. The van der Waals surface area contributed by atoms with E-state index in [0.717, 1.165) is 18.4 Å². The topological polar surface area (TPSA) is 83.8 Å². The summed E-state index contributed by atoms with van der Waals surface area (Å²) in [5, 5.41) is 9.29. The second-order valence-corrected chi connectivity index (χ2v) is 4.37. The van der Waals surface area contributed by atoms with Crippen molar-refractivity contribution in [3.8, 4) is 0 Å². The highest BCUT2D eigenvalue weighted by atomic mass is 16.1.